The van der Waals surface area contributed by atoms with Crippen molar-refractivity contribution in [2.75, 3.05) is 5.73 Å². The van der Waals surface area contributed by atoms with E-state index in [-0.39, 0.29) is 6.61 Å². The lowest BCUT2D eigenvalue weighted by Gasteiger charge is -2.08. The summed E-state index contributed by atoms with van der Waals surface area (Å²) in [6.45, 7) is 0.333. The van der Waals surface area contributed by atoms with Crippen molar-refractivity contribution in [1.29, 1.82) is 0 Å². The third-order valence-electron chi connectivity index (χ3n) is 2.09. The molecule has 0 atom stereocenters. The number of thiazole rings is 1. The van der Waals surface area contributed by atoms with Crippen molar-refractivity contribution in [2.45, 2.75) is 13.2 Å². The number of benzene rings is 1. The summed E-state index contributed by atoms with van der Waals surface area (Å²) in [5.74, 6) is 0.677. The van der Waals surface area contributed by atoms with Crippen LogP contribution in [-0.2, 0) is 13.2 Å². The van der Waals surface area contributed by atoms with Crippen molar-refractivity contribution >= 4 is 16.5 Å². The highest BCUT2D eigenvalue weighted by atomic mass is 32.1. The van der Waals surface area contributed by atoms with Gasteiger partial charge in [0.25, 0.3) is 0 Å². The zero-order valence-corrected chi connectivity index (χ0v) is 9.41. The van der Waals surface area contributed by atoms with E-state index in [2.05, 4.69) is 4.98 Å². The van der Waals surface area contributed by atoms with Crippen LogP contribution in [0.25, 0.3) is 0 Å². The van der Waals surface area contributed by atoms with E-state index in [1.54, 1.807) is 0 Å². The van der Waals surface area contributed by atoms with Crippen LogP contribution in [0.4, 0.5) is 5.13 Å². The van der Waals surface area contributed by atoms with Crippen LogP contribution in [0.15, 0.2) is 29.6 Å². The van der Waals surface area contributed by atoms with E-state index in [1.165, 1.54) is 11.3 Å². The Kier molecular flexibility index (Phi) is 3.38. The second kappa shape index (κ2) is 4.96. The number of ether oxygens (including phenoxy) is 1. The molecular weight excluding hydrogens is 224 g/mol. The molecule has 1 aromatic heterocycles. The number of hydrogen-bond acceptors (Lipinski definition) is 5. The standard InChI is InChI=1S/C11H12N2O2S/c12-11-13-9(7-16-11)6-15-10-4-2-1-3-8(10)5-14/h1-4,7,14H,5-6H2,(H2,12,13). The molecule has 0 spiro atoms. The molecule has 2 aromatic rings. The second-order valence-electron chi connectivity index (χ2n) is 3.23. The molecule has 3 N–H and O–H groups in total. The molecule has 0 aliphatic carbocycles. The van der Waals surface area contributed by atoms with Gasteiger partial charge in [-0.3, -0.25) is 0 Å². The Morgan fingerprint density at radius 1 is 1.38 bits per heavy atom. The number of nitrogen functional groups attached to an aromatic ring is 1. The summed E-state index contributed by atoms with van der Waals surface area (Å²) >= 11 is 1.39. The minimum Gasteiger partial charge on any atom is -0.487 e. The molecule has 0 saturated heterocycles. The van der Waals surface area contributed by atoms with Crippen LogP contribution in [0.1, 0.15) is 11.3 Å². The molecule has 2 rings (SSSR count). The first kappa shape index (κ1) is 10.9. The highest BCUT2D eigenvalue weighted by Crippen LogP contribution is 2.20. The van der Waals surface area contributed by atoms with E-state index in [4.69, 9.17) is 15.6 Å². The Hall–Kier alpha value is -1.59. The first-order valence-electron chi connectivity index (χ1n) is 4.81. The van der Waals surface area contributed by atoms with Crippen LogP contribution in [0.5, 0.6) is 5.75 Å². The quantitative estimate of drug-likeness (QED) is 0.849. The summed E-state index contributed by atoms with van der Waals surface area (Å²) < 4.78 is 5.56. The molecule has 5 heteroatoms. The highest BCUT2D eigenvalue weighted by molar-refractivity contribution is 7.13. The van der Waals surface area contributed by atoms with Gasteiger partial charge in [0.15, 0.2) is 5.13 Å². The summed E-state index contributed by atoms with van der Waals surface area (Å²) in [5, 5.41) is 11.5. The van der Waals surface area contributed by atoms with Gasteiger partial charge in [0, 0.05) is 10.9 Å². The molecule has 0 amide bonds. The molecule has 0 saturated carbocycles. The zero-order chi connectivity index (χ0) is 11.4. The number of nitrogens with zero attached hydrogens (tertiary/aromatic N) is 1. The molecule has 16 heavy (non-hydrogen) atoms. The summed E-state index contributed by atoms with van der Waals surface area (Å²) in [6, 6.07) is 7.37. The second-order valence-corrected chi connectivity index (χ2v) is 4.12. The summed E-state index contributed by atoms with van der Waals surface area (Å²) in [5.41, 5.74) is 7.09. The third-order valence-corrected chi connectivity index (χ3v) is 2.81. The molecule has 84 valence electrons. The minimum absolute atomic E-state index is 0.0324. The first-order chi connectivity index (χ1) is 7.79. The molecule has 0 fully saturated rings. The molecule has 1 aromatic carbocycles. The molecular formula is C11H12N2O2S. The smallest absolute Gasteiger partial charge is 0.180 e. The van der Waals surface area contributed by atoms with E-state index in [0.29, 0.717) is 17.5 Å². The van der Waals surface area contributed by atoms with Crippen molar-refractivity contribution in [3.05, 3.63) is 40.9 Å². The maximum Gasteiger partial charge on any atom is 0.180 e. The number of aliphatic hydroxyl groups excluding tert-OH is 1. The highest BCUT2D eigenvalue weighted by Gasteiger charge is 2.03. The van der Waals surface area contributed by atoms with Crippen LogP contribution in [-0.4, -0.2) is 10.1 Å². The van der Waals surface area contributed by atoms with Gasteiger partial charge < -0.3 is 15.6 Å². The number of anilines is 1. The average molecular weight is 236 g/mol. The Labute approximate surface area is 97.3 Å². The van der Waals surface area contributed by atoms with Gasteiger partial charge in [0.05, 0.1) is 12.3 Å². The SMILES string of the molecule is Nc1nc(COc2ccccc2CO)cs1. The van der Waals surface area contributed by atoms with Gasteiger partial charge in [0.1, 0.15) is 12.4 Å². The fraction of sp³-hybridized carbons (Fsp3) is 0.182. The maximum atomic E-state index is 9.11. The van der Waals surface area contributed by atoms with Gasteiger partial charge in [-0.25, -0.2) is 4.98 Å². The maximum absolute atomic E-state index is 9.11. The Balaban J connectivity index is 2.04. The van der Waals surface area contributed by atoms with Gasteiger partial charge in [-0.15, -0.1) is 11.3 Å². The van der Waals surface area contributed by atoms with E-state index < -0.39 is 0 Å². The molecule has 1 heterocycles. The number of rotatable bonds is 4. The summed E-state index contributed by atoms with van der Waals surface area (Å²) in [6.07, 6.45) is 0. The lowest BCUT2D eigenvalue weighted by Crippen LogP contribution is -1.99. The molecule has 0 unspecified atom stereocenters. The van der Waals surface area contributed by atoms with Crippen molar-refractivity contribution in [1.82, 2.24) is 4.98 Å². The number of hydrogen-bond donors (Lipinski definition) is 2. The van der Waals surface area contributed by atoms with Crippen molar-refractivity contribution in [2.24, 2.45) is 0 Å². The van der Waals surface area contributed by atoms with Crippen molar-refractivity contribution < 1.29 is 9.84 Å². The van der Waals surface area contributed by atoms with Gasteiger partial charge in [-0.2, -0.15) is 0 Å². The average Bonchev–Trinajstić information content (AvgIpc) is 2.73. The Morgan fingerprint density at radius 3 is 2.88 bits per heavy atom. The predicted molar refractivity (Wildman–Crippen MR) is 63.2 cm³/mol. The molecule has 0 aliphatic rings. The van der Waals surface area contributed by atoms with Crippen LogP contribution in [0, 0.1) is 0 Å². The van der Waals surface area contributed by atoms with E-state index >= 15 is 0 Å². The molecule has 4 nitrogen and oxygen atoms in total. The predicted octanol–water partition coefficient (Wildman–Crippen LogP) is 1.80. The number of aliphatic hydroxyl groups is 1. The van der Waals surface area contributed by atoms with Crippen molar-refractivity contribution in [3.63, 3.8) is 0 Å². The number of para-hydroxylation sites is 1. The fourth-order valence-electron chi connectivity index (χ4n) is 1.32. The lowest BCUT2D eigenvalue weighted by atomic mass is 10.2. The Morgan fingerprint density at radius 2 is 2.19 bits per heavy atom. The van der Waals surface area contributed by atoms with Gasteiger partial charge in [-0.05, 0) is 6.07 Å². The monoisotopic (exact) mass is 236 g/mol. The van der Waals surface area contributed by atoms with E-state index in [1.807, 2.05) is 29.6 Å². The molecule has 0 aliphatic heterocycles. The fourth-order valence-corrected chi connectivity index (χ4v) is 1.86. The summed E-state index contributed by atoms with van der Waals surface area (Å²) in [7, 11) is 0. The number of nitrogens with two attached hydrogens (primary N) is 1. The summed E-state index contributed by atoms with van der Waals surface area (Å²) in [4.78, 5) is 4.09. The van der Waals surface area contributed by atoms with Crippen molar-refractivity contribution in [3.8, 4) is 5.75 Å². The zero-order valence-electron chi connectivity index (χ0n) is 8.59. The minimum atomic E-state index is -0.0324. The Bertz CT molecular complexity index is 471. The lowest BCUT2D eigenvalue weighted by molar-refractivity contribution is 0.258. The van der Waals surface area contributed by atoms with E-state index in [0.717, 1.165) is 11.3 Å². The van der Waals surface area contributed by atoms with Crippen LogP contribution >= 0.6 is 11.3 Å². The van der Waals surface area contributed by atoms with Gasteiger partial charge in [0.2, 0.25) is 0 Å². The normalized spacial score (nSPS) is 10.3. The largest absolute Gasteiger partial charge is 0.487 e. The van der Waals surface area contributed by atoms with Crippen LogP contribution in [0.3, 0.4) is 0 Å². The third kappa shape index (κ3) is 2.50. The van der Waals surface area contributed by atoms with Gasteiger partial charge >= 0.3 is 0 Å². The number of aromatic nitrogens is 1. The topological polar surface area (TPSA) is 68.4 Å². The first-order valence-corrected chi connectivity index (χ1v) is 5.69. The van der Waals surface area contributed by atoms with Crippen LogP contribution < -0.4 is 10.5 Å². The molecule has 0 bridgehead atoms. The molecule has 0 radical (unpaired) electrons. The van der Waals surface area contributed by atoms with Gasteiger partial charge in [-0.1, -0.05) is 18.2 Å². The van der Waals surface area contributed by atoms with E-state index in [9.17, 15) is 0 Å². The van der Waals surface area contributed by atoms with Crippen LogP contribution in [0.2, 0.25) is 0 Å².